The zero-order chi connectivity index (χ0) is 9.84. The van der Waals surface area contributed by atoms with Crippen LogP contribution in [0.4, 0.5) is 4.79 Å². The van der Waals surface area contributed by atoms with Crippen LogP contribution in [0.5, 0.6) is 0 Å². The summed E-state index contributed by atoms with van der Waals surface area (Å²) >= 11 is 0. The Morgan fingerprint density at radius 2 is 2.46 bits per heavy atom. The van der Waals surface area contributed by atoms with Crippen molar-refractivity contribution in [1.29, 1.82) is 0 Å². The van der Waals surface area contributed by atoms with Gasteiger partial charge in [-0.3, -0.25) is 5.10 Å². The molecular weight excluding hydrogens is 170 g/mol. The molecule has 0 radical (unpaired) electrons. The molecule has 70 valence electrons. The minimum Gasteiger partial charge on any atom is -0.350 e. The molecule has 0 aliphatic carbocycles. The number of nitrogens with two attached hydrogens (primary N) is 1. The van der Waals surface area contributed by atoms with Gasteiger partial charge in [-0.2, -0.15) is 10.2 Å². The molecule has 0 bridgehead atoms. The molecule has 1 aromatic rings. The third-order valence-electron chi connectivity index (χ3n) is 1.55. The van der Waals surface area contributed by atoms with Crippen molar-refractivity contribution in [3.63, 3.8) is 0 Å². The van der Waals surface area contributed by atoms with Crippen LogP contribution in [0.25, 0.3) is 0 Å². The van der Waals surface area contributed by atoms with E-state index in [2.05, 4.69) is 20.7 Å². The number of aromatic nitrogens is 2. The van der Waals surface area contributed by atoms with E-state index < -0.39 is 6.03 Å². The number of hydrazone groups is 1. The van der Waals surface area contributed by atoms with E-state index in [1.807, 2.05) is 6.92 Å². The monoisotopic (exact) mass is 181 g/mol. The number of aryl methyl sites for hydroxylation is 1. The summed E-state index contributed by atoms with van der Waals surface area (Å²) in [6.07, 6.45) is 1.64. The molecule has 0 spiro atoms. The SMILES string of the molecule is C/C(=N\NC(N)=O)c1cn[nH]c1C. The quantitative estimate of drug-likeness (QED) is 0.446. The maximum atomic E-state index is 10.3. The summed E-state index contributed by atoms with van der Waals surface area (Å²) in [6, 6.07) is -0.680. The van der Waals surface area contributed by atoms with E-state index in [9.17, 15) is 4.79 Å². The van der Waals surface area contributed by atoms with Gasteiger partial charge in [0.1, 0.15) is 0 Å². The number of nitrogens with zero attached hydrogens (tertiary/aromatic N) is 2. The Hall–Kier alpha value is -1.85. The minimum atomic E-state index is -0.680. The smallest absolute Gasteiger partial charge is 0.332 e. The Morgan fingerprint density at radius 1 is 1.77 bits per heavy atom. The number of urea groups is 1. The summed E-state index contributed by atoms with van der Waals surface area (Å²) < 4.78 is 0. The van der Waals surface area contributed by atoms with Gasteiger partial charge in [0.15, 0.2) is 0 Å². The molecule has 0 fully saturated rings. The van der Waals surface area contributed by atoms with Crippen molar-refractivity contribution >= 4 is 11.7 Å². The second-order valence-electron chi connectivity index (χ2n) is 2.58. The molecule has 6 heteroatoms. The highest BCUT2D eigenvalue weighted by Gasteiger charge is 2.03. The zero-order valence-electron chi connectivity index (χ0n) is 7.46. The maximum Gasteiger partial charge on any atom is 0.332 e. The summed E-state index contributed by atoms with van der Waals surface area (Å²) in [5.41, 5.74) is 9.41. The largest absolute Gasteiger partial charge is 0.350 e. The van der Waals surface area contributed by atoms with Gasteiger partial charge in [-0.25, -0.2) is 10.2 Å². The van der Waals surface area contributed by atoms with Crippen LogP contribution in [0.15, 0.2) is 11.3 Å². The molecule has 0 aromatic carbocycles. The molecule has 6 nitrogen and oxygen atoms in total. The molecular formula is C7H11N5O. The number of hydrogen-bond acceptors (Lipinski definition) is 3. The third kappa shape index (κ3) is 2.29. The van der Waals surface area contributed by atoms with Gasteiger partial charge in [0.05, 0.1) is 11.9 Å². The summed E-state index contributed by atoms with van der Waals surface area (Å²) in [5.74, 6) is 0. The highest BCUT2D eigenvalue weighted by Crippen LogP contribution is 2.03. The number of nitrogens with one attached hydrogen (secondary N) is 2. The Balaban J connectivity index is 2.78. The molecule has 1 rings (SSSR count). The van der Waals surface area contributed by atoms with Crippen LogP contribution >= 0.6 is 0 Å². The van der Waals surface area contributed by atoms with E-state index in [4.69, 9.17) is 5.73 Å². The fourth-order valence-electron chi connectivity index (χ4n) is 0.915. The number of H-pyrrole nitrogens is 1. The highest BCUT2D eigenvalue weighted by atomic mass is 16.2. The second kappa shape index (κ2) is 3.70. The normalized spacial score (nSPS) is 11.4. The molecule has 2 amide bonds. The van der Waals surface area contributed by atoms with Crippen molar-refractivity contribution in [2.45, 2.75) is 13.8 Å². The molecule has 1 heterocycles. The maximum absolute atomic E-state index is 10.3. The molecule has 0 saturated carbocycles. The van der Waals surface area contributed by atoms with Crippen LogP contribution in [0, 0.1) is 6.92 Å². The molecule has 0 atom stereocenters. The number of aromatic amines is 1. The first-order valence-corrected chi connectivity index (χ1v) is 3.71. The zero-order valence-corrected chi connectivity index (χ0v) is 7.46. The number of carbonyl (C=O) groups is 1. The van der Waals surface area contributed by atoms with Crippen LogP contribution in [0.2, 0.25) is 0 Å². The van der Waals surface area contributed by atoms with Crippen LogP contribution in [-0.4, -0.2) is 21.9 Å². The minimum absolute atomic E-state index is 0.657. The fraction of sp³-hybridized carbons (Fsp3) is 0.286. The summed E-state index contributed by atoms with van der Waals surface area (Å²) in [4.78, 5) is 10.3. The van der Waals surface area contributed by atoms with Crippen LogP contribution in [0.3, 0.4) is 0 Å². The Bertz CT molecular complexity index is 340. The molecule has 0 aliphatic heterocycles. The topological polar surface area (TPSA) is 96.2 Å². The molecule has 0 saturated heterocycles. The van der Waals surface area contributed by atoms with E-state index in [-0.39, 0.29) is 0 Å². The third-order valence-corrected chi connectivity index (χ3v) is 1.55. The van der Waals surface area contributed by atoms with E-state index in [0.29, 0.717) is 5.71 Å². The average molecular weight is 181 g/mol. The molecule has 0 unspecified atom stereocenters. The second-order valence-corrected chi connectivity index (χ2v) is 2.58. The van der Waals surface area contributed by atoms with Crippen molar-refractivity contribution in [2.75, 3.05) is 0 Å². The lowest BCUT2D eigenvalue weighted by molar-refractivity contribution is 0.249. The predicted molar refractivity (Wildman–Crippen MR) is 48.3 cm³/mol. The van der Waals surface area contributed by atoms with Crippen molar-refractivity contribution in [1.82, 2.24) is 15.6 Å². The van der Waals surface area contributed by atoms with E-state index >= 15 is 0 Å². The number of hydrogen-bond donors (Lipinski definition) is 3. The van der Waals surface area contributed by atoms with Gasteiger partial charge in [0.25, 0.3) is 0 Å². The van der Waals surface area contributed by atoms with Crippen LogP contribution in [-0.2, 0) is 0 Å². The van der Waals surface area contributed by atoms with Gasteiger partial charge in [-0.15, -0.1) is 0 Å². The van der Waals surface area contributed by atoms with E-state index in [1.54, 1.807) is 13.1 Å². The molecule has 13 heavy (non-hydrogen) atoms. The first-order valence-electron chi connectivity index (χ1n) is 3.71. The van der Waals surface area contributed by atoms with Crippen LogP contribution < -0.4 is 11.2 Å². The van der Waals surface area contributed by atoms with Crippen molar-refractivity contribution in [3.8, 4) is 0 Å². The van der Waals surface area contributed by atoms with Gasteiger partial charge >= 0.3 is 6.03 Å². The lowest BCUT2D eigenvalue weighted by Crippen LogP contribution is -2.25. The number of amides is 2. The van der Waals surface area contributed by atoms with Gasteiger partial charge in [-0.1, -0.05) is 0 Å². The van der Waals surface area contributed by atoms with Crippen molar-refractivity contribution < 1.29 is 4.79 Å². The molecule has 1 aromatic heterocycles. The fourth-order valence-corrected chi connectivity index (χ4v) is 0.915. The summed E-state index contributed by atoms with van der Waals surface area (Å²) in [7, 11) is 0. The Kier molecular flexibility index (Phi) is 2.63. The first kappa shape index (κ1) is 9.24. The van der Waals surface area contributed by atoms with Gasteiger partial charge in [0.2, 0.25) is 0 Å². The van der Waals surface area contributed by atoms with Gasteiger partial charge in [-0.05, 0) is 13.8 Å². The average Bonchev–Trinajstić information content (AvgIpc) is 2.47. The highest BCUT2D eigenvalue weighted by molar-refractivity contribution is 5.99. The predicted octanol–water partition coefficient (Wildman–Crippen LogP) is 0.110. The number of primary amides is 1. The Labute approximate surface area is 75.2 Å². The van der Waals surface area contributed by atoms with Gasteiger partial charge < -0.3 is 5.73 Å². The lowest BCUT2D eigenvalue weighted by atomic mass is 10.2. The van der Waals surface area contributed by atoms with Crippen molar-refractivity contribution in [3.05, 3.63) is 17.5 Å². The number of carbonyl (C=O) groups excluding carboxylic acids is 1. The Morgan fingerprint density at radius 3 is 2.92 bits per heavy atom. The molecule has 4 N–H and O–H groups in total. The van der Waals surface area contributed by atoms with Gasteiger partial charge in [0, 0.05) is 11.3 Å². The van der Waals surface area contributed by atoms with E-state index in [1.165, 1.54) is 0 Å². The van der Waals surface area contributed by atoms with E-state index in [0.717, 1.165) is 11.3 Å². The standard InChI is InChI=1S/C7H11N5O/c1-4-6(3-9-10-4)5(2)11-12-7(8)13/h3H,1-2H3,(H,9,10)(H3,8,12,13)/b11-5+. The summed E-state index contributed by atoms with van der Waals surface area (Å²) in [6.45, 7) is 3.62. The van der Waals surface area contributed by atoms with Crippen molar-refractivity contribution in [2.24, 2.45) is 10.8 Å². The molecule has 0 aliphatic rings. The lowest BCUT2D eigenvalue weighted by Gasteiger charge is -1.97. The number of rotatable bonds is 2. The first-order chi connectivity index (χ1) is 6.11. The summed E-state index contributed by atoms with van der Waals surface area (Å²) in [5, 5.41) is 10.3. The van der Waals surface area contributed by atoms with Crippen LogP contribution in [0.1, 0.15) is 18.2 Å².